The van der Waals surface area contributed by atoms with E-state index in [4.69, 9.17) is 4.74 Å². The van der Waals surface area contributed by atoms with Crippen LogP contribution in [0, 0.1) is 18.6 Å². The van der Waals surface area contributed by atoms with Gasteiger partial charge in [0.05, 0.1) is 6.61 Å². The number of carbonyl (C=O) groups is 1. The third kappa shape index (κ3) is 4.60. The van der Waals surface area contributed by atoms with E-state index in [9.17, 15) is 13.6 Å². The lowest BCUT2D eigenvalue weighted by Gasteiger charge is -2.05. The van der Waals surface area contributed by atoms with Gasteiger partial charge in [-0.2, -0.15) is 0 Å². The Morgan fingerprint density at radius 2 is 2.00 bits per heavy atom. The molecule has 1 heterocycles. The van der Waals surface area contributed by atoms with Crippen LogP contribution in [0.2, 0.25) is 0 Å². The van der Waals surface area contributed by atoms with Gasteiger partial charge in [0, 0.05) is 12.0 Å². The predicted octanol–water partition coefficient (Wildman–Crippen LogP) is 4.00. The highest BCUT2D eigenvalue weighted by molar-refractivity contribution is 7.15. The van der Waals surface area contributed by atoms with Gasteiger partial charge in [-0.05, 0) is 42.8 Å². The number of aryl methyl sites for hydroxylation is 1. The van der Waals surface area contributed by atoms with Crippen molar-refractivity contribution in [2.24, 2.45) is 0 Å². The van der Waals surface area contributed by atoms with Crippen LogP contribution >= 0.6 is 11.3 Å². The van der Waals surface area contributed by atoms with Gasteiger partial charge in [0.25, 0.3) is 5.91 Å². The van der Waals surface area contributed by atoms with Crippen LogP contribution in [-0.4, -0.2) is 22.7 Å². The molecule has 1 amide bonds. The SMILES string of the molecule is Cc1cccc(OCCc2nnc(NC(=O)c3ccc(F)c(F)c3)s2)c1. The summed E-state index contributed by atoms with van der Waals surface area (Å²) in [5.41, 5.74) is 1.11. The van der Waals surface area contributed by atoms with E-state index in [0.29, 0.717) is 18.0 Å². The van der Waals surface area contributed by atoms with Crippen molar-refractivity contribution in [3.05, 3.63) is 70.2 Å². The third-order valence-corrected chi connectivity index (χ3v) is 4.34. The van der Waals surface area contributed by atoms with Gasteiger partial charge in [-0.3, -0.25) is 10.1 Å². The van der Waals surface area contributed by atoms with E-state index in [1.165, 1.54) is 17.4 Å². The molecule has 8 heteroatoms. The number of amides is 1. The lowest BCUT2D eigenvalue weighted by molar-refractivity contribution is 0.102. The minimum absolute atomic E-state index is 0.00318. The van der Waals surface area contributed by atoms with Crippen LogP contribution in [0.25, 0.3) is 0 Å². The smallest absolute Gasteiger partial charge is 0.257 e. The highest BCUT2D eigenvalue weighted by Crippen LogP contribution is 2.18. The van der Waals surface area contributed by atoms with Crippen LogP contribution in [0.15, 0.2) is 42.5 Å². The molecule has 26 heavy (non-hydrogen) atoms. The second-order valence-corrected chi connectivity index (χ2v) is 6.56. The number of anilines is 1. The van der Waals surface area contributed by atoms with Crippen molar-refractivity contribution in [1.82, 2.24) is 10.2 Å². The third-order valence-electron chi connectivity index (χ3n) is 3.44. The summed E-state index contributed by atoms with van der Waals surface area (Å²) in [5, 5.41) is 11.4. The van der Waals surface area contributed by atoms with Crippen molar-refractivity contribution in [2.45, 2.75) is 13.3 Å². The molecule has 0 atom stereocenters. The van der Waals surface area contributed by atoms with E-state index < -0.39 is 17.5 Å². The van der Waals surface area contributed by atoms with Gasteiger partial charge in [0.1, 0.15) is 10.8 Å². The number of aromatic nitrogens is 2. The van der Waals surface area contributed by atoms with E-state index >= 15 is 0 Å². The number of benzene rings is 2. The molecule has 0 fully saturated rings. The fourth-order valence-electron chi connectivity index (χ4n) is 2.17. The number of nitrogens with zero attached hydrogens (tertiary/aromatic N) is 2. The van der Waals surface area contributed by atoms with Crippen LogP contribution in [0.4, 0.5) is 13.9 Å². The molecule has 0 spiro atoms. The Kier molecular flexibility index (Phi) is 5.52. The fourth-order valence-corrected chi connectivity index (χ4v) is 2.89. The lowest BCUT2D eigenvalue weighted by Crippen LogP contribution is -2.12. The van der Waals surface area contributed by atoms with Crippen LogP contribution in [0.1, 0.15) is 20.9 Å². The number of halogens is 2. The molecule has 3 aromatic rings. The molecule has 0 radical (unpaired) electrons. The fraction of sp³-hybridized carbons (Fsp3) is 0.167. The van der Waals surface area contributed by atoms with Gasteiger partial charge in [-0.1, -0.05) is 23.5 Å². The molecule has 0 saturated heterocycles. The first kappa shape index (κ1) is 17.9. The minimum atomic E-state index is -1.08. The molecule has 0 aliphatic heterocycles. The molecule has 1 aromatic heterocycles. The zero-order valence-electron chi connectivity index (χ0n) is 13.8. The average Bonchev–Trinajstić information content (AvgIpc) is 3.04. The molecule has 0 saturated carbocycles. The number of rotatable bonds is 6. The standard InChI is InChI=1S/C18H15F2N3O2S/c1-11-3-2-4-13(9-11)25-8-7-16-22-23-18(26-16)21-17(24)12-5-6-14(19)15(20)10-12/h2-6,9-10H,7-8H2,1H3,(H,21,23,24). The number of carbonyl (C=O) groups excluding carboxylic acids is 1. The molecule has 0 unspecified atom stereocenters. The molecular formula is C18H15F2N3O2S. The first-order chi connectivity index (χ1) is 12.5. The van der Waals surface area contributed by atoms with Gasteiger partial charge in [0.15, 0.2) is 11.6 Å². The van der Waals surface area contributed by atoms with Crippen LogP contribution < -0.4 is 10.1 Å². The van der Waals surface area contributed by atoms with Gasteiger partial charge in [-0.15, -0.1) is 10.2 Å². The Morgan fingerprint density at radius 3 is 2.77 bits per heavy atom. The summed E-state index contributed by atoms with van der Waals surface area (Å²) in [6.07, 6.45) is 0.534. The average molecular weight is 375 g/mol. The Balaban J connectivity index is 1.54. The highest BCUT2D eigenvalue weighted by Gasteiger charge is 2.12. The van der Waals surface area contributed by atoms with Crippen LogP contribution in [0.5, 0.6) is 5.75 Å². The topological polar surface area (TPSA) is 64.1 Å². The maximum atomic E-state index is 13.2. The minimum Gasteiger partial charge on any atom is -0.493 e. The normalized spacial score (nSPS) is 10.6. The molecule has 0 bridgehead atoms. The van der Waals surface area contributed by atoms with Crippen molar-refractivity contribution in [3.63, 3.8) is 0 Å². The number of ether oxygens (including phenoxy) is 1. The molecular weight excluding hydrogens is 360 g/mol. The zero-order chi connectivity index (χ0) is 18.5. The second-order valence-electron chi connectivity index (χ2n) is 5.50. The summed E-state index contributed by atoms with van der Waals surface area (Å²) in [6, 6.07) is 10.7. The maximum Gasteiger partial charge on any atom is 0.257 e. The Labute approximate surface area is 152 Å². The Hall–Kier alpha value is -2.87. The van der Waals surface area contributed by atoms with Crippen LogP contribution in [0.3, 0.4) is 0 Å². The van der Waals surface area contributed by atoms with Gasteiger partial charge < -0.3 is 4.74 Å². The summed E-state index contributed by atoms with van der Waals surface area (Å²) < 4.78 is 31.8. The molecule has 2 aromatic carbocycles. The van der Waals surface area contributed by atoms with E-state index in [2.05, 4.69) is 15.5 Å². The summed E-state index contributed by atoms with van der Waals surface area (Å²) in [7, 11) is 0. The molecule has 0 aliphatic rings. The molecule has 1 N–H and O–H groups in total. The van der Waals surface area contributed by atoms with E-state index in [1.54, 1.807) is 0 Å². The number of hydrogen-bond acceptors (Lipinski definition) is 5. The predicted molar refractivity (Wildman–Crippen MR) is 94.6 cm³/mol. The second kappa shape index (κ2) is 8.01. The summed E-state index contributed by atoms with van der Waals surface area (Å²) >= 11 is 1.20. The number of nitrogens with one attached hydrogen (secondary N) is 1. The Bertz CT molecular complexity index is 930. The van der Waals surface area contributed by atoms with E-state index in [0.717, 1.165) is 23.4 Å². The summed E-state index contributed by atoms with van der Waals surface area (Å²) in [4.78, 5) is 12.0. The van der Waals surface area contributed by atoms with Gasteiger partial charge >= 0.3 is 0 Å². The van der Waals surface area contributed by atoms with Crippen molar-refractivity contribution in [3.8, 4) is 5.75 Å². The molecule has 134 valence electrons. The molecule has 3 rings (SSSR count). The van der Waals surface area contributed by atoms with E-state index in [1.807, 2.05) is 31.2 Å². The lowest BCUT2D eigenvalue weighted by atomic mass is 10.2. The Morgan fingerprint density at radius 1 is 1.15 bits per heavy atom. The van der Waals surface area contributed by atoms with E-state index in [-0.39, 0.29) is 10.7 Å². The number of hydrogen-bond donors (Lipinski definition) is 1. The summed E-state index contributed by atoms with van der Waals surface area (Å²) in [5.74, 6) is -1.89. The van der Waals surface area contributed by atoms with Gasteiger partial charge in [-0.25, -0.2) is 8.78 Å². The monoisotopic (exact) mass is 375 g/mol. The zero-order valence-corrected chi connectivity index (χ0v) is 14.6. The van der Waals surface area contributed by atoms with Crippen molar-refractivity contribution < 1.29 is 18.3 Å². The summed E-state index contributed by atoms with van der Waals surface area (Å²) in [6.45, 7) is 2.41. The molecule has 5 nitrogen and oxygen atoms in total. The largest absolute Gasteiger partial charge is 0.493 e. The molecule has 0 aliphatic carbocycles. The van der Waals surface area contributed by atoms with Crippen molar-refractivity contribution in [1.29, 1.82) is 0 Å². The first-order valence-corrected chi connectivity index (χ1v) is 8.61. The van der Waals surface area contributed by atoms with Crippen molar-refractivity contribution >= 4 is 22.4 Å². The van der Waals surface area contributed by atoms with Crippen LogP contribution in [-0.2, 0) is 6.42 Å². The highest BCUT2D eigenvalue weighted by atomic mass is 32.1. The maximum absolute atomic E-state index is 13.2. The quantitative estimate of drug-likeness (QED) is 0.707. The van der Waals surface area contributed by atoms with Crippen molar-refractivity contribution in [2.75, 3.05) is 11.9 Å². The first-order valence-electron chi connectivity index (χ1n) is 7.79. The van der Waals surface area contributed by atoms with Gasteiger partial charge in [0.2, 0.25) is 5.13 Å².